The van der Waals surface area contributed by atoms with Gasteiger partial charge >= 0.3 is 0 Å². The van der Waals surface area contributed by atoms with Crippen LogP contribution >= 0.6 is 0 Å². The number of rotatable bonds is 4. The zero-order chi connectivity index (χ0) is 17.8. The Balaban J connectivity index is 1.85. The largest absolute Gasteiger partial charge is 0.497 e. The first-order chi connectivity index (χ1) is 12.1. The van der Waals surface area contributed by atoms with E-state index >= 15 is 0 Å². The lowest BCUT2D eigenvalue weighted by Gasteiger charge is -2.00. The van der Waals surface area contributed by atoms with Crippen LogP contribution in [-0.4, -0.2) is 25.9 Å². The molecule has 1 saturated heterocycles. The maximum atomic E-state index is 12.5. The van der Waals surface area contributed by atoms with Crippen molar-refractivity contribution in [1.82, 2.24) is 5.32 Å². The molecule has 3 rings (SSSR count). The second kappa shape index (κ2) is 7.05. The van der Waals surface area contributed by atoms with Crippen LogP contribution < -0.4 is 14.8 Å². The standard InChI is InChI=1S/C20H17NO4/c1-24-15-7-3-13(4-8-15)11-17-19(22)18(21-20(17)23)12-14-5-9-16(25-2)10-6-14/h3-12H,1-2H3,(H,21,23)/b17-11+,18-12+. The molecule has 1 aliphatic rings. The van der Waals surface area contributed by atoms with Crippen molar-refractivity contribution in [3.8, 4) is 11.5 Å². The fraction of sp³-hybridized carbons (Fsp3) is 0.100. The zero-order valence-corrected chi connectivity index (χ0v) is 13.9. The highest BCUT2D eigenvalue weighted by Crippen LogP contribution is 2.21. The first-order valence-corrected chi connectivity index (χ1v) is 7.68. The molecule has 0 aliphatic carbocycles. The van der Waals surface area contributed by atoms with Crippen LogP contribution in [0.3, 0.4) is 0 Å². The number of Topliss-reactive ketones (excluding diaryl/α,β-unsaturated/α-hetero) is 1. The number of hydrogen-bond donors (Lipinski definition) is 1. The lowest BCUT2D eigenvalue weighted by atomic mass is 10.1. The molecule has 0 aromatic heterocycles. The number of nitrogens with one attached hydrogen (secondary N) is 1. The quantitative estimate of drug-likeness (QED) is 0.689. The molecule has 25 heavy (non-hydrogen) atoms. The second-order valence-electron chi connectivity index (χ2n) is 5.45. The molecule has 1 amide bonds. The smallest absolute Gasteiger partial charge is 0.259 e. The molecule has 1 N–H and O–H groups in total. The molecule has 5 heteroatoms. The predicted molar refractivity (Wildman–Crippen MR) is 95.1 cm³/mol. The Kier molecular flexibility index (Phi) is 4.66. The highest BCUT2D eigenvalue weighted by Gasteiger charge is 2.30. The van der Waals surface area contributed by atoms with Crippen molar-refractivity contribution in [2.75, 3.05) is 14.2 Å². The number of amides is 1. The van der Waals surface area contributed by atoms with Crippen LogP contribution in [0.4, 0.5) is 0 Å². The molecular weight excluding hydrogens is 318 g/mol. The lowest BCUT2D eigenvalue weighted by molar-refractivity contribution is -0.117. The van der Waals surface area contributed by atoms with Crippen molar-refractivity contribution in [2.24, 2.45) is 0 Å². The summed E-state index contributed by atoms with van der Waals surface area (Å²) in [5.74, 6) is 0.714. The van der Waals surface area contributed by atoms with Crippen molar-refractivity contribution in [1.29, 1.82) is 0 Å². The Labute approximate surface area is 145 Å². The molecule has 2 aromatic carbocycles. The number of carbonyl (C=O) groups excluding carboxylic acids is 2. The highest BCUT2D eigenvalue weighted by atomic mass is 16.5. The van der Waals surface area contributed by atoms with Crippen molar-refractivity contribution in [2.45, 2.75) is 0 Å². The third-order valence-electron chi connectivity index (χ3n) is 3.84. The van der Waals surface area contributed by atoms with Gasteiger partial charge in [-0.25, -0.2) is 0 Å². The van der Waals surface area contributed by atoms with E-state index in [1.807, 2.05) is 12.1 Å². The number of carbonyl (C=O) groups is 2. The van der Waals surface area contributed by atoms with Gasteiger partial charge in [0.15, 0.2) is 0 Å². The van der Waals surface area contributed by atoms with E-state index < -0.39 is 5.91 Å². The Bertz CT molecular complexity index is 862. The van der Waals surface area contributed by atoms with Gasteiger partial charge in [-0.3, -0.25) is 9.59 Å². The maximum Gasteiger partial charge on any atom is 0.259 e. The fourth-order valence-corrected chi connectivity index (χ4v) is 2.46. The molecule has 126 valence electrons. The molecule has 0 unspecified atom stereocenters. The summed E-state index contributed by atoms with van der Waals surface area (Å²) < 4.78 is 10.2. The SMILES string of the molecule is COc1ccc(/C=C2/NC(=O)/C(=C/c3ccc(OC)cc3)C2=O)cc1. The first kappa shape index (κ1) is 16.5. The average Bonchev–Trinajstić information content (AvgIpc) is 2.90. The first-order valence-electron chi connectivity index (χ1n) is 7.68. The monoisotopic (exact) mass is 335 g/mol. The number of hydrogen-bond acceptors (Lipinski definition) is 4. The Morgan fingerprint density at radius 2 is 1.24 bits per heavy atom. The number of allylic oxidation sites excluding steroid dienone is 1. The van der Waals surface area contributed by atoms with Crippen LogP contribution in [0, 0.1) is 0 Å². The van der Waals surface area contributed by atoms with Crippen LogP contribution in [0.5, 0.6) is 11.5 Å². The molecule has 0 saturated carbocycles. The lowest BCUT2D eigenvalue weighted by Crippen LogP contribution is -2.13. The van der Waals surface area contributed by atoms with E-state index in [0.29, 0.717) is 5.75 Å². The summed E-state index contributed by atoms with van der Waals surface area (Å²) in [4.78, 5) is 24.6. The van der Waals surface area contributed by atoms with Crippen molar-refractivity contribution < 1.29 is 19.1 Å². The summed E-state index contributed by atoms with van der Waals surface area (Å²) >= 11 is 0. The normalized spacial score (nSPS) is 17.0. The van der Waals surface area contributed by atoms with Crippen LogP contribution in [0.25, 0.3) is 12.2 Å². The zero-order valence-electron chi connectivity index (χ0n) is 13.9. The number of ether oxygens (including phenoxy) is 2. The minimum atomic E-state index is -0.402. The van der Waals surface area contributed by atoms with Gasteiger partial charge in [0.05, 0.1) is 25.5 Å². The third kappa shape index (κ3) is 3.61. The van der Waals surface area contributed by atoms with Crippen LogP contribution in [0.2, 0.25) is 0 Å². The van der Waals surface area contributed by atoms with Gasteiger partial charge in [0.2, 0.25) is 5.78 Å². The van der Waals surface area contributed by atoms with Crippen molar-refractivity contribution in [3.63, 3.8) is 0 Å². The van der Waals surface area contributed by atoms with Gasteiger partial charge in [-0.15, -0.1) is 0 Å². The molecule has 1 heterocycles. The summed E-state index contributed by atoms with van der Waals surface area (Å²) in [6, 6.07) is 14.3. The summed E-state index contributed by atoms with van der Waals surface area (Å²) in [5.41, 5.74) is 1.93. The van der Waals surface area contributed by atoms with E-state index in [-0.39, 0.29) is 17.1 Å². The van der Waals surface area contributed by atoms with Crippen molar-refractivity contribution >= 4 is 23.8 Å². The Hall–Kier alpha value is -3.34. The van der Waals surface area contributed by atoms with E-state index in [1.54, 1.807) is 62.8 Å². The molecule has 0 atom stereocenters. The fourth-order valence-electron chi connectivity index (χ4n) is 2.46. The molecular formula is C20H17NO4. The van der Waals surface area contributed by atoms with Crippen LogP contribution in [0.1, 0.15) is 11.1 Å². The van der Waals surface area contributed by atoms with Crippen molar-refractivity contribution in [3.05, 3.63) is 70.9 Å². The third-order valence-corrected chi connectivity index (χ3v) is 3.84. The minimum absolute atomic E-state index is 0.116. The molecule has 1 aliphatic heterocycles. The Morgan fingerprint density at radius 3 is 1.72 bits per heavy atom. The summed E-state index contributed by atoms with van der Waals surface area (Å²) in [5, 5.41) is 2.62. The van der Waals surface area contributed by atoms with Gasteiger partial charge in [0.25, 0.3) is 5.91 Å². The molecule has 0 spiro atoms. The van der Waals surface area contributed by atoms with Gasteiger partial charge in [-0.05, 0) is 47.5 Å². The summed E-state index contributed by atoms with van der Waals surface area (Å²) in [6.45, 7) is 0. The van der Waals surface area contributed by atoms with E-state index in [1.165, 1.54) is 0 Å². The molecule has 0 radical (unpaired) electrons. The van der Waals surface area contributed by atoms with E-state index in [0.717, 1.165) is 16.9 Å². The van der Waals surface area contributed by atoms with Gasteiger partial charge in [0, 0.05) is 0 Å². The number of ketones is 1. The van der Waals surface area contributed by atoms with Gasteiger partial charge in [0.1, 0.15) is 11.5 Å². The maximum absolute atomic E-state index is 12.5. The molecule has 5 nitrogen and oxygen atoms in total. The summed E-state index contributed by atoms with van der Waals surface area (Å²) in [7, 11) is 3.17. The highest BCUT2D eigenvalue weighted by molar-refractivity contribution is 6.35. The molecule has 0 bridgehead atoms. The molecule has 1 fully saturated rings. The van der Waals surface area contributed by atoms with Crippen LogP contribution in [-0.2, 0) is 9.59 Å². The van der Waals surface area contributed by atoms with E-state index in [9.17, 15) is 9.59 Å². The topological polar surface area (TPSA) is 64.6 Å². The van der Waals surface area contributed by atoms with Gasteiger partial charge in [-0.2, -0.15) is 0 Å². The summed E-state index contributed by atoms with van der Waals surface area (Å²) in [6.07, 6.45) is 3.22. The van der Waals surface area contributed by atoms with E-state index in [2.05, 4.69) is 5.32 Å². The number of methoxy groups -OCH3 is 2. The van der Waals surface area contributed by atoms with E-state index in [4.69, 9.17) is 9.47 Å². The van der Waals surface area contributed by atoms with Crippen LogP contribution in [0.15, 0.2) is 59.8 Å². The van der Waals surface area contributed by atoms with Gasteiger partial charge in [-0.1, -0.05) is 24.3 Å². The second-order valence-corrected chi connectivity index (χ2v) is 5.45. The van der Waals surface area contributed by atoms with Gasteiger partial charge < -0.3 is 14.8 Å². The predicted octanol–water partition coefficient (Wildman–Crippen LogP) is 2.83. The average molecular weight is 335 g/mol. The Morgan fingerprint density at radius 1 is 0.760 bits per heavy atom. The minimum Gasteiger partial charge on any atom is -0.497 e. The number of benzene rings is 2. The molecule has 2 aromatic rings.